The van der Waals surface area contributed by atoms with Gasteiger partial charge in [0.1, 0.15) is 0 Å². The zero-order chi connectivity index (χ0) is 10.7. The van der Waals surface area contributed by atoms with Gasteiger partial charge in [-0.2, -0.15) is 0 Å². The third-order valence-electron chi connectivity index (χ3n) is 2.24. The normalized spacial score (nSPS) is 12.4. The summed E-state index contributed by atoms with van der Waals surface area (Å²) in [4.78, 5) is 10.8. The average Bonchev–Trinajstić information content (AvgIpc) is 2.17. The highest BCUT2D eigenvalue weighted by atomic mass is 16.4. The molecule has 4 heteroatoms. The van der Waals surface area contributed by atoms with Crippen LogP contribution in [0.3, 0.4) is 0 Å². The standard InChI is InChI=1S/C10H14N2O2/c1-6(12-2)7-3-4-9(11)8(5-7)10(13)14/h3-6,12H,11H2,1-2H3,(H,13,14)/t6-/m0/s1. The second-order valence-corrected chi connectivity index (χ2v) is 3.16. The van der Waals surface area contributed by atoms with Crippen LogP contribution in [0.1, 0.15) is 28.9 Å². The van der Waals surface area contributed by atoms with Gasteiger partial charge in [0, 0.05) is 11.7 Å². The quantitative estimate of drug-likeness (QED) is 0.633. The van der Waals surface area contributed by atoms with Crippen molar-refractivity contribution in [3.8, 4) is 0 Å². The van der Waals surface area contributed by atoms with Gasteiger partial charge in [-0.15, -0.1) is 0 Å². The van der Waals surface area contributed by atoms with Crippen molar-refractivity contribution in [3.05, 3.63) is 29.3 Å². The Morgan fingerprint density at radius 2 is 2.21 bits per heavy atom. The Morgan fingerprint density at radius 1 is 1.57 bits per heavy atom. The number of carbonyl (C=O) groups is 1. The molecule has 0 aromatic heterocycles. The highest BCUT2D eigenvalue weighted by Gasteiger charge is 2.10. The number of nitrogens with one attached hydrogen (secondary N) is 1. The second kappa shape index (κ2) is 4.11. The molecule has 76 valence electrons. The molecular weight excluding hydrogens is 180 g/mol. The van der Waals surface area contributed by atoms with Crippen molar-refractivity contribution in [2.45, 2.75) is 13.0 Å². The molecule has 1 aromatic carbocycles. The Labute approximate surface area is 82.7 Å². The first-order chi connectivity index (χ1) is 6.56. The summed E-state index contributed by atoms with van der Waals surface area (Å²) in [6.45, 7) is 1.96. The van der Waals surface area contributed by atoms with Gasteiger partial charge >= 0.3 is 5.97 Å². The Hall–Kier alpha value is -1.55. The Bertz CT molecular complexity index is 350. The van der Waals surface area contributed by atoms with Gasteiger partial charge in [-0.25, -0.2) is 4.79 Å². The van der Waals surface area contributed by atoms with Crippen molar-refractivity contribution in [2.24, 2.45) is 0 Å². The lowest BCUT2D eigenvalue weighted by atomic mass is 10.0. The molecule has 1 aromatic rings. The molecular formula is C10H14N2O2. The maximum atomic E-state index is 10.8. The summed E-state index contributed by atoms with van der Waals surface area (Å²) in [6.07, 6.45) is 0. The van der Waals surface area contributed by atoms with Crippen LogP contribution in [-0.2, 0) is 0 Å². The molecule has 4 N–H and O–H groups in total. The van der Waals surface area contributed by atoms with Crippen LogP contribution in [0.15, 0.2) is 18.2 Å². The fraction of sp³-hybridized carbons (Fsp3) is 0.300. The molecule has 0 heterocycles. The van der Waals surface area contributed by atoms with Crippen LogP contribution in [-0.4, -0.2) is 18.1 Å². The van der Waals surface area contributed by atoms with Crippen molar-refractivity contribution in [3.63, 3.8) is 0 Å². The van der Waals surface area contributed by atoms with E-state index in [1.807, 2.05) is 20.0 Å². The highest BCUT2D eigenvalue weighted by molar-refractivity contribution is 5.93. The number of nitrogens with two attached hydrogens (primary N) is 1. The number of carboxylic acid groups (broad SMARTS) is 1. The van der Waals surface area contributed by atoms with Gasteiger partial charge in [-0.3, -0.25) is 0 Å². The molecule has 0 amide bonds. The predicted octanol–water partition coefficient (Wildman–Crippen LogP) is 1.25. The average molecular weight is 194 g/mol. The van der Waals surface area contributed by atoms with Gasteiger partial charge in [0.15, 0.2) is 0 Å². The summed E-state index contributed by atoms with van der Waals surface area (Å²) < 4.78 is 0. The van der Waals surface area contributed by atoms with E-state index in [0.29, 0.717) is 5.69 Å². The largest absolute Gasteiger partial charge is 0.478 e. The number of aromatic carboxylic acids is 1. The third-order valence-corrected chi connectivity index (χ3v) is 2.24. The zero-order valence-electron chi connectivity index (χ0n) is 8.24. The van der Waals surface area contributed by atoms with Crippen LogP contribution in [0.5, 0.6) is 0 Å². The van der Waals surface area contributed by atoms with Gasteiger partial charge < -0.3 is 16.2 Å². The molecule has 4 nitrogen and oxygen atoms in total. The molecule has 0 fully saturated rings. The van der Waals surface area contributed by atoms with E-state index in [1.54, 1.807) is 12.1 Å². The number of rotatable bonds is 3. The summed E-state index contributed by atoms with van der Waals surface area (Å²) in [5.41, 5.74) is 6.90. The molecule has 0 saturated carbocycles. The zero-order valence-corrected chi connectivity index (χ0v) is 8.24. The van der Waals surface area contributed by atoms with Crippen LogP contribution in [0.25, 0.3) is 0 Å². The lowest BCUT2D eigenvalue weighted by molar-refractivity contribution is 0.0698. The van der Waals surface area contributed by atoms with Crippen molar-refractivity contribution >= 4 is 11.7 Å². The lowest BCUT2D eigenvalue weighted by Gasteiger charge is -2.11. The Balaban J connectivity index is 3.12. The smallest absolute Gasteiger partial charge is 0.337 e. The number of nitrogen functional groups attached to an aromatic ring is 1. The van der Waals surface area contributed by atoms with E-state index in [2.05, 4.69) is 5.32 Å². The first-order valence-electron chi connectivity index (χ1n) is 4.36. The molecule has 0 spiro atoms. The predicted molar refractivity (Wildman–Crippen MR) is 55.3 cm³/mol. The van der Waals surface area contributed by atoms with Crippen molar-refractivity contribution < 1.29 is 9.90 Å². The first-order valence-corrected chi connectivity index (χ1v) is 4.36. The molecule has 0 unspecified atom stereocenters. The molecule has 0 radical (unpaired) electrons. The molecule has 14 heavy (non-hydrogen) atoms. The van der Waals surface area contributed by atoms with E-state index in [4.69, 9.17) is 10.8 Å². The minimum atomic E-state index is -0.993. The van der Waals surface area contributed by atoms with E-state index in [0.717, 1.165) is 5.56 Å². The topological polar surface area (TPSA) is 75.3 Å². The van der Waals surface area contributed by atoms with Crippen molar-refractivity contribution in [1.29, 1.82) is 0 Å². The van der Waals surface area contributed by atoms with Crippen LogP contribution < -0.4 is 11.1 Å². The molecule has 0 saturated heterocycles. The van der Waals surface area contributed by atoms with Crippen LogP contribution in [0, 0.1) is 0 Å². The molecule has 0 aliphatic carbocycles. The summed E-state index contributed by atoms with van der Waals surface area (Å²) in [5.74, 6) is -0.993. The van der Waals surface area contributed by atoms with Crippen molar-refractivity contribution in [2.75, 3.05) is 12.8 Å². The SMILES string of the molecule is CN[C@@H](C)c1ccc(N)c(C(=O)O)c1. The van der Waals surface area contributed by atoms with E-state index < -0.39 is 5.97 Å². The van der Waals surface area contributed by atoms with E-state index in [1.165, 1.54) is 0 Å². The number of carboxylic acids is 1. The highest BCUT2D eigenvalue weighted by Crippen LogP contribution is 2.18. The molecule has 0 bridgehead atoms. The van der Waals surface area contributed by atoms with Gasteiger partial charge in [-0.05, 0) is 31.7 Å². The van der Waals surface area contributed by atoms with Crippen LogP contribution >= 0.6 is 0 Å². The molecule has 0 aliphatic heterocycles. The fourth-order valence-electron chi connectivity index (χ4n) is 1.20. The number of hydrogen-bond donors (Lipinski definition) is 3. The maximum Gasteiger partial charge on any atom is 0.337 e. The van der Waals surface area contributed by atoms with Gasteiger partial charge in [-0.1, -0.05) is 6.07 Å². The number of anilines is 1. The van der Waals surface area contributed by atoms with E-state index in [9.17, 15) is 4.79 Å². The summed E-state index contributed by atoms with van der Waals surface area (Å²) in [5, 5.41) is 11.9. The van der Waals surface area contributed by atoms with Gasteiger partial charge in [0.05, 0.1) is 5.56 Å². The molecule has 1 rings (SSSR count). The monoisotopic (exact) mass is 194 g/mol. The van der Waals surface area contributed by atoms with Crippen LogP contribution in [0.2, 0.25) is 0 Å². The Kier molecular flexibility index (Phi) is 3.09. The van der Waals surface area contributed by atoms with Gasteiger partial charge in [0.25, 0.3) is 0 Å². The third kappa shape index (κ3) is 2.03. The van der Waals surface area contributed by atoms with Crippen molar-refractivity contribution in [1.82, 2.24) is 5.32 Å². The number of hydrogen-bond acceptors (Lipinski definition) is 3. The fourth-order valence-corrected chi connectivity index (χ4v) is 1.20. The van der Waals surface area contributed by atoms with E-state index >= 15 is 0 Å². The first kappa shape index (κ1) is 10.5. The summed E-state index contributed by atoms with van der Waals surface area (Å²) in [6, 6.07) is 5.16. The Morgan fingerprint density at radius 3 is 2.71 bits per heavy atom. The summed E-state index contributed by atoms with van der Waals surface area (Å²) in [7, 11) is 1.82. The minimum absolute atomic E-state index is 0.119. The summed E-state index contributed by atoms with van der Waals surface area (Å²) >= 11 is 0. The number of benzene rings is 1. The molecule has 0 aliphatic rings. The molecule has 1 atom stereocenters. The van der Waals surface area contributed by atoms with Gasteiger partial charge in [0.2, 0.25) is 0 Å². The maximum absolute atomic E-state index is 10.8. The lowest BCUT2D eigenvalue weighted by Crippen LogP contribution is -2.13. The van der Waals surface area contributed by atoms with E-state index in [-0.39, 0.29) is 11.6 Å². The second-order valence-electron chi connectivity index (χ2n) is 3.16. The van der Waals surface area contributed by atoms with Crippen LogP contribution in [0.4, 0.5) is 5.69 Å². The minimum Gasteiger partial charge on any atom is -0.478 e.